The van der Waals surface area contributed by atoms with E-state index in [9.17, 15) is 0 Å². The summed E-state index contributed by atoms with van der Waals surface area (Å²) in [6.45, 7) is 4.94. The second-order valence-corrected chi connectivity index (χ2v) is 5.97. The van der Waals surface area contributed by atoms with Gasteiger partial charge in [0.2, 0.25) is 0 Å². The van der Waals surface area contributed by atoms with Gasteiger partial charge in [0.15, 0.2) is 0 Å². The second-order valence-electron chi connectivity index (χ2n) is 5.06. The monoisotopic (exact) mass is 347 g/mol. The molecule has 0 atom stereocenters. The average molecular weight is 348 g/mol. The Balaban J connectivity index is 1.78. The van der Waals surface area contributed by atoms with Gasteiger partial charge in [-0.05, 0) is 61.3 Å². The molecule has 0 saturated carbocycles. The Morgan fingerprint density at radius 1 is 0.905 bits per heavy atom. The standard InChI is InChI=1S/C18H22BrNO/c1-2-12-20-13-11-15-3-5-16(6-4-15)14-21-18-9-7-17(19)8-10-18/h3-10,20H,2,11-14H2,1H3. The van der Waals surface area contributed by atoms with E-state index < -0.39 is 0 Å². The summed E-state index contributed by atoms with van der Waals surface area (Å²) in [6, 6.07) is 16.6. The smallest absolute Gasteiger partial charge is 0.119 e. The van der Waals surface area contributed by atoms with Crippen molar-refractivity contribution in [2.75, 3.05) is 13.1 Å². The number of hydrogen-bond acceptors (Lipinski definition) is 2. The van der Waals surface area contributed by atoms with E-state index in [1.807, 2.05) is 24.3 Å². The van der Waals surface area contributed by atoms with Crippen LogP contribution in [0.5, 0.6) is 5.75 Å². The fraction of sp³-hybridized carbons (Fsp3) is 0.333. The van der Waals surface area contributed by atoms with Crippen molar-refractivity contribution < 1.29 is 4.74 Å². The zero-order chi connectivity index (χ0) is 14.9. The van der Waals surface area contributed by atoms with E-state index in [4.69, 9.17) is 4.74 Å². The molecule has 0 aliphatic rings. The highest BCUT2D eigenvalue weighted by Crippen LogP contribution is 2.17. The summed E-state index contributed by atoms with van der Waals surface area (Å²) in [4.78, 5) is 0. The molecule has 0 aliphatic heterocycles. The summed E-state index contributed by atoms with van der Waals surface area (Å²) >= 11 is 3.42. The molecule has 0 radical (unpaired) electrons. The maximum Gasteiger partial charge on any atom is 0.119 e. The van der Waals surface area contributed by atoms with Gasteiger partial charge < -0.3 is 10.1 Å². The van der Waals surface area contributed by atoms with Crippen LogP contribution >= 0.6 is 15.9 Å². The van der Waals surface area contributed by atoms with Crippen molar-refractivity contribution in [3.05, 3.63) is 64.1 Å². The highest BCUT2D eigenvalue weighted by Gasteiger charge is 1.98. The van der Waals surface area contributed by atoms with Gasteiger partial charge in [-0.25, -0.2) is 0 Å². The molecule has 0 heterocycles. The molecule has 2 nitrogen and oxygen atoms in total. The van der Waals surface area contributed by atoms with Crippen molar-refractivity contribution in [3.8, 4) is 5.75 Å². The highest BCUT2D eigenvalue weighted by molar-refractivity contribution is 9.10. The van der Waals surface area contributed by atoms with E-state index in [1.165, 1.54) is 17.5 Å². The molecule has 0 unspecified atom stereocenters. The molecular formula is C18H22BrNO. The van der Waals surface area contributed by atoms with Gasteiger partial charge in [0.1, 0.15) is 12.4 Å². The molecule has 112 valence electrons. The molecule has 2 aromatic carbocycles. The third kappa shape index (κ3) is 5.90. The van der Waals surface area contributed by atoms with Crippen molar-refractivity contribution >= 4 is 15.9 Å². The molecule has 21 heavy (non-hydrogen) atoms. The number of halogens is 1. The second kappa shape index (κ2) is 8.85. The molecule has 1 N–H and O–H groups in total. The van der Waals surface area contributed by atoms with E-state index in [0.29, 0.717) is 6.61 Å². The Hall–Kier alpha value is -1.32. The summed E-state index contributed by atoms with van der Waals surface area (Å²) in [6.07, 6.45) is 2.26. The summed E-state index contributed by atoms with van der Waals surface area (Å²) in [5.41, 5.74) is 2.56. The zero-order valence-corrected chi connectivity index (χ0v) is 14.0. The van der Waals surface area contributed by atoms with Crippen LogP contribution < -0.4 is 10.1 Å². The molecule has 0 bridgehead atoms. The van der Waals surface area contributed by atoms with Crippen LogP contribution in [0.15, 0.2) is 53.0 Å². The van der Waals surface area contributed by atoms with Crippen LogP contribution in [0.1, 0.15) is 24.5 Å². The number of hydrogen-bond donors (Lipinski definition) is 1. The van der Waals surface area contributed by atoms with Crippen molar-refractivity contribution in [2.24, 2.45) is 0 Å². The van der Waals surface area contributed by atoms with Crippen LogP contribution in [0, 0.1) is 0 Å². The lowest BCUT2D eigenvalue weighted by Gasteiger charge is -2.08. The fourth-order valence-corrected chi connectivity index (χ4v) is 2.30. The van der Waals surface area contributed by atoms with Crippen LogP contribution in [0.2, 0.25) is 0 Å². The minimum absolute atomic E-state index is 0.607. The first-order chi connectivity index (χ1) is 10.3. The molecular weight excluding hydrogens is 326 g/mol. The maximum absolute atomic E-state index is 5.77. The van der Waals surface area contributed by atoms with Crippen LogP contribution in [0.25, 0.3) is 0 Å². The lowest BCUT2D eigenvalue weighted by molar-refractivity contribution is 0.306. The SMILES string of the molecule is CCCNCCc1ccc(COc2ccc(Br)cc2)cc1. The minimum Gasteiger partial charge on any atom is -0.489 e. The molecule has 3 heteroatoms. The normalized spacial score (nSPS) is 10.6. The first-order valence-electron chi connectivity index (χ1n) is 7.45. The van der Waals surface area contributed by atoms with Gasteiger partial charge in [0.05, 0.1) is 0 Å². The largest absolute Gasteiger partial charge is 0.489 e. The van der Waals surface area contributed by atoms with Gasteiger partial charge in [-0.1, -0.05) is 47.1 Å². The Kier molecular flexibility index (Phi) is 6.77. The van der Waals surface area contributed by atoms with Gasteiger partial charge in [0, 0.05) is 4.47 Å². The van der Waals surface area contributed by atoms with Crippen LogP contribution in [0.3, 0.4) is 0 Å². The van der Waals surface area contributed by atoms with E-state index in [0.717, 1.165) is 29.7 Å². The maximum atomic E-state index is 5.77. The zero-order valence-electron chi connectivity index (χ0n) is 12.4. The molecule has 0 spiro atoms. The Morgan fingerprint density at radius 2 is 1.57 bits per heavy atom. The van der Waals surface area contributed by atoms with Gasteiger partial charge in [-0.15, -0.1) is 0 Å². The summed E-state index contributed by atoms with van der Waals surface area (Å²) in [7, 11) is 0. The predicted molar refractivity (Wildman–Crippen MR) is 91.8 cm³/mol. The Bertz CT molecular complexity index is 522. The molecule has 0 amide bonds. The molecule has 0 saturated heterocycles. The van der Waals surface area contributed by atoms with Crippen molar-refractivity contribution in [1.29, 1.82) is 0 Å². The number of ether oxygens (including phenoxy) is 1. The molecule has 0 fully saturated rings. The predicted octanol–water partition coefficient (Wildman–Crippen LogP) is 4.57. The first kappa shape index (κ1) is 16.1. The fourth-order valence-electron chi connectivity index (χ4n) is 2.03. The Morgan fingerprint density at radius 3 is 2.24 bits per heavy atom. The van der Waals surface area contributed by atoms with E-state index in [2.05, 4.69) is 52.4 Å². The van der Waals surface area contributed by atoms with Gasteiger partial charge >= 0.3 is 0 Å². The van der Waals surface area contributed by atoms with E-state index in [1.54, 1.807) is 0 Å². The molecule has 0 aliphatic carbocycles. The summed E-state index contributed by atoms with van der Waals surface area (Å²) < 4.78 is 6.83. The van der Waals surface area contributed by atoms with Gasteiger partial charge in [-0.3, -0.25) is 0 Å². The summed E-state index contributed by atoms with van der Waals surface area (Å²) in [5.74, 6) is 0.894. The van der Waals surface area contributed by atoms with Crippen molar-refractivity contribution in [2.45, 2.75) is 26.4 Å². The number of rotatable bonds is 8. The number of benzene rings is 2. The summed E-state index contributed by atoms with van der Waals surface area (Å²) in [5, 5.41) is 3.42. The van der Waals surface area contributed by atoms with Crippen LogP contribution in [0.4, 0.5) is 0 Å². The van der Waals surface area contributed by atoms with Crippen molar-refractivity contribution in [1.82, 2.24) is 5.32 Å². The first-order valence-corrected chi connectivity index (χ1v) is 8.24. The molecule has 2 aromatic rings. The van der Waals surface area contributed by atoms with Crippen molar-refractivity contribution in [3.63, 3.8) is 0 Å². The third-order valence-corrected chi connectivity index (χ3v) is 3.79. The lowest BCUT2D eigenvalue weighted by atomic mass is 10.1. The van der Waals surface area contributed by atoms with Crippen LogP contribution in [-0.4, -0.2) is 13.1 Å². The van der Waals surface area contributed by atoms with Gasteiger partial charge in [-0.2, -0.15) is 0 Å². The van der Waals surface area contributed by atoms with Crippen LogP contribution in [-0.2, 0) is 13.0 Å². The van der Waals surface area contributed by atoms with E-state index >= 15 is 0 Å². The third-order valence-electron chi connectivity index (χ3n) is 3.26. The lowest BCUT2D eigenvalue weighted by Crippen LogP contribution is -2.17. The average Bonchev–Trinajstić information content (AvgIpc) is 2.52. The topological polar surface area (TPSA) is 21.3 Å². The molecule has 0 aromatic heterocycles. The highest BCUT2D eigenvalue weighted by atomic mass is 79.9. The Labute approximate surface area is 135 Å². The van der Waals surface area contributed by atoms with Gasteiger partial charge in [0.25, 0.3) is 0 Å². The minimum atomic E-state index is 0.607. The van der Waals surface area contributed by atoms with E-state index in [-0.39, 0.29) is 0 Å². The quantitative estimate of drug-likeness (QED) is 0.706. The molecule has 2 rings (SSSR count). The number of nitrogens with one attached hydrogen (secondary N) is 1.